The monoisotopic (exact) mass is 473 g/mol. The molecule has 1 aromatic carbocycles. The Bertz CT molecular complexity index is 926. The second-order valence-corrected chi connectivity index (χ2v) is 8.58. The minimum Gasteiger partial charge on any atom is -0.480 e. The highest BCUT2D eigenvalue weighted by molar-refractivity contribution is 6.02. The summed E-state index contributed by atoms with van der Waals surface area (Å²) in [6.07, 6.45) is 4.53. The van der Waals surface area contributed by atoms with Crippen molar-refractivity contribution in [1.82, 2.24) is 10.6 Å². The third-order valence-corrected chi connectivity index (χ3v) is 6.00. The number of rotatable bonds is 11. The van der Waals surface area contributed by atoms with Crippen molar-refractivity contribution in [1.29, 1.82) is 5.41 Å². The van der Waals surface area contributed by atoms with Gasteiger partial charge in [-0.1, -0.05) is 55.1 Å². The highest BCUT2D eigenvalue weighted by Gasteiger charge is 2.27. The lowest BCUT2D eigenvalue weighted by Gasteiger charge is -2.16. The van der Waals surface area contributed by atoms with Crippen molar-refractivity contribution in [2.45, 2.75) is 57.1 Å². The van der Waals surface area contributed by atoms with Crippen LogP contribution in [0.5, 0.6) is 0 Å². The lowest BCUT2D eigenvalue weighted by atomic mass is 10.0. The van der Waals surface area contributed by atoms with Gasteiger partial charge in [-0.05, 0) is 17.9 Å². The van der Waals surface area contributed by atoms with Crippen LogP contribution in [0.2, 0.25) is 0 Å². The number of oxime groups is 1. The van der Waals surface area contributed by atoms with E-state index in [1.807, 2.05) is 0 Å². The van der Waals surface area contributed by atoms with Crippen molar-refractivity contribution in [2.75, 3.05) is 13.2 Å². The molecule has 0 saturated heterocycles. The van der Waals surface area contributed by atoms with Crippen LogP contribution in [0.4, 0.5) is 4.79 Å². The van der Waals surface area contributed by atoms with Gasteiger partial charge in [0.2, 0.25) is 5.91 Å². The molecule has 1 heterocycles. The van der Waals surface area contributed by atoms with E-state index in [4.69, 9.17) is 20.7 Å². The van der Waals surface area contributed by atoms with E-state index in [0.717, 1.165) is 24.8 Å². The Labute approximate surface area is 197 Å². The first-order chi connectivity index (χ1) is 16.3. The van der Waals surface area contributed by atoms with Crippen molar-refractivity contribution in [3.8, 4) is 0 Å². The quantitative estimate of drug-likeness (QED) is 0.240. The average Bonchev–Trinajstić information content (AvgIpc) is 3.49. The van der Waals surface area contributed by atoms with Crippen molar-refractivity contribution in [2.24, 2.45) is 16.8 Å². The molecule has 0 radical (unpaired) electrons. The first-order valence-electron chi connectivity index (χ1n) is 11.4. The molecule has 1 aliphatic heterocycles. The lowest BCUT2D eigenvalue weighted by Crippen LogP contribution is -2.49. The van der Waals surface area contributed by atoms with Crippen LogP contribution < -0.4 is 16.4 Å². The van der Waals surface area contributed by atoms with Gasteiger partial charge in [-0.25, -0.2) is 9.59 Å². The number of nitrogens with zero attached hydrogens (tertiary/aromatic N) is 1. The molecule has 11 nitrogen and oxygen atoms in total. The fourth-order valence-corrected chi connectivity index (χ4v) is 4.05. The van der Waals surface area contributed by atoms with Gasteiger partial charge < -0.3 is 31.0 Å². The van der Waals surface area contributed by atoms with Crippen LogP contribution in [0.1, 0.15) is 56.1 Å². The average molecular weight is 474 g/mol. The number of carboxylic acids is 1. The molecule has 6 N–H and O–H groups in total. The van der Waals surface area contributed by atoms with Gasteiger partial charge in [0.25, 0.3) is 0 Å². The van der Waals surface area contributed by atoms with Crippen molar-refractivity contribution >= 4 is 29.5 Å². The number of nitrogens with two attached hydrogens (primary N) is 1. The Morgan fingerprint density at radius 1 is 1.24 bits per heavy atom. The summed E-state index contributed by atoms with van der Waals surface area (Å²) < 4.78 is 5.09. The molecule has 1 unspecified atom stereocenters. The Kier molecular flexibility index (Phi) is 8.83. The van der Waals surface area contributed by atoms with Gasteiger partial charge in [-0.2, -0.15) is 0 Å². The number of hydrogen-bond acceptors (Lipinski definition) is 7. The number of nitrogens with one attached hydrogen (secondary N) is 3. The predicted molar refractivity (Wildman–Crippen MR) is 124 cm³/mol. The van der Waals surface area contributed by atoms with Gasteiger partial charge >= 0.3 is 12.1 Å². The minimum absolute atomic E-state index is 0.0172. The number of hydrogen-bond donors (Lipinski definition) is 5. The molecule has 3 rings (SSSR count). The molecule has 1 aromatic rings. The Morgan fingerprint density at radius 2 is 1.94 bits per heavy atom. The molecule has 34 heavy (non-hydrogen) atoms. The molecule has 2 aliphatic rings. The van der Waals surface area contributed by atoms with E-state index >= 15 is 0 Å². The van der Waals surface area contributed by atoms with Gasteiger partial charge in [-0.15, -0.1) is 0 Å². The zero-order valence-corrected chi connectivity index (χ0v) is 18.9. The number of alkyl carbamates (subject to hydrolysis) is 1. The van der Waals surface area contributed by atoms with E-state index in [9.17, 15) is 19.5 Å². The third-order valence-electron chi connectivity index (χ3n) is 6.00. The number of aliphatic carboxylic acids is 1. The van der Waals surface area contributed by atoms with E-state index in [2.05, 4.69) is 15.8 Å². The number of carbonyl (C=O) groups is 3. The van der Waals surface area contributed by atoms with Crippen LogP contribution in [0.15, 0.2) is 29.4 Å². The van der Waals surface area contributed by atoms with Crippen molar-refractivity contribution in [3.63, 3.8) is 0 Å². The maximum atomic E-state index is 12.3. The summed E-state index contributed by atoms with van der Waals surface area (Å²) in [4.78, 5) is 41.0. The standard InChI is InChI=1S/C23H31N5O6/c24-21(25)16-7-5-15(6-8-16)18-11-17(34-28-18)12-20(29)26-13-19(22(30)31)27-23(32)33-10-9-14-3-1-2-4-14/h5-8,14,17,19H,1-4,9-13H2,(H3,24,25)(H,26,29)(H,27,32)(H,30,31)/t17?,19-/m0/s1. The molecule has 1 aliphatic carbocycles. The largest absolute Gasteiger partial charge is 0.480 e. The second-order valence-electron chi connectivity index (χ2n) is 8.58. The molecule has 11 heteroatoms. The zero-order chi connectivity index (χ0) is 24.5. The zero-order valence-electron chi connectivity index (χ0n) is 18.9. The number of benzene rings is 1. The minimum atomic E-state index is -1.31. The van der Waals surface area contributed by atoms with Gasteiger partial charge in [-0.3, -0.25) is 10.2 Å². The number of amidine groups is 1. The molecule has 2 amide bonds. The number of nitrogen functional groups attached to an aromatic ring is 1. The first-order valence-corrected chi connectivity index (χ1v) is 11.4. The topological polar surface area (TPSA) is 176 Å². The lowest BCUT2D eigenvalue weighted by molar-refractivity contribution is -0.139. The fourth-order valence-electron chi connectivity index (χ4n) is 4.05. The summed E-state index contributed by atoms with van der Waals surface area (Å²) in [5.74, 6) is -1.16. The van der Waals surface area contributed by atoms with E-state index in [1.165, 1.54) is 12.8 Å². The van der Waals surface area contributed by atoms with Gasteiger partial charge in [0.15, 0.2) is 0 Å². The number of ether oxygens (including phenoxy) is 1. The molecule has 1 fully saturated rings. The SMILES string of the molecule is N=C(N)c1ccc(C2=NOC(CC(=O)NC[C@H](NC(=O)OCCC3CCCC3)C(=O)O)C2)cc1. The molecule has 0 spiro atoms. The predicted octanol–water partition coefficient (Wildman–Crippen LogP) is 1.73. The maximum absolute atomic E-state index is 12.3. The molecule has 1 saturated carbocycles. The van der Waals surface area contributed by atoms with E-state index in [-0.39, 0.29) is 25.4 Å². The third kappa shape index (κ3) is 7.46. The summed E-state index contributed by atoms with van der Waals surface area (Å²) in [6, 6.07) is 5.66. The molecule has 0 aromatic heterocycles. The van der Waals surface area contributed by atoms with Crippen LogP contribution in [-0.2, 0) is 19.2 Å². The van der Waals surface area contributed by atoms with Crippen LogP contribution in [-0.4, -0.2) is 59.9 Å². The summed E-state index contributed by atoms with van der Waals surface area (Å²) in [5, 5.41) is 25.6. The summed E-state index contributed by atoms with van der Waals surface area (Å²) in [6.45, 7) is -0.0349. The smallest absolute Gasteiger partial charge is 0.407 e. The fraction of sp³-hybridized carbons (Fsp3) is 0.522. The van der Waals surface area contributed by atoms with Gasteiger partial charge in [0.1, 0.15) is 18.0 Å². The van der Waals surface area contributed by atoms with Crippen LogP contribution in [0, 0.1) is 11.3 Å². The van der Waals surface area contributed by atoms with E-state index in [1.54, 1.807) is 24.3 Å². The van der Waals surface area contributed by atoms with Crippen LogP contribution in [0.3, 0.4) is 0 Å². The van der Waals surface area contributed by atoms with Gasteiger partial charge in [0, 0.05) is 18.5 Å². The Balaban J connectivity index is 1.37. The second kappa shape index (κ2) is 12.0. The van der Waals surface area contributed by atoms with Crippen molar-refractivity contribution < 1.29 is 29.1 Å². The molecule has 0 bridgehead atoms. The summed E-state index contributed by atoms with van der Waals surface area (Å²) in [7, 11) is 0. The van der Waals surface area contributed by atoms with Gasteiger partial charge in [0.05, 0.1) is 18.7 Å². The highest BCUT2D eigenvalue weighted by Crippen LogP contribution is 2.27. The van der Waals surface area contributed by atoms with Crippen LogP contribution in [0.25, 0.3) is 0 Å². The summed E-state index contributed by atoms with van der Waals surface area (Å²) in [5.41, 5.74) is 7.51. The first kappa shape index (κ1) is 25.0. The Hall–Kier alpha value is -3.63. The molecular formula is C23H31N5O6. The molecule has 2 atom stereocenters. The molecule has 184 valence electrons. The van der Waals surface area contributed by atoms with Crippen LogP contribution >= 0.6 is 0 Å². The van der Waals surface area contributed by atoms with E-state index in [0.29, 0.717) is 23.6 Å². The Morgan fingerprint density at radius 3 is 2.59 bits per heavy atom. The number of carboxylic acid groups (broad SMARTS) is 1. The normalized spacial score (nSPS) is 18.5. The van der Waals surface area contributed by atoms with Crippen molar-refractivity contribution in [3.05, 3.63) is 35.4 Å². The molecular weight excluding hydrogens is 442 g/mol. The van der Waals surface area contributed by atoms with E-state index < -0.39 is 30.1 Å². The number of amides is 2. The maximum Gasteiger partial charge on any atom is 0.407 e. The summed E-state index contributed by atoms with van der Waals surface area (Å²) >= 11 is 0. The number of carbonyl (C=O) groups excluding carboxylic acids is 2. The highest BCUT2D eigenvalue weighted by atomic mass is 16.6.